The van der Waals surface area contributed by atoms with Crippen LogP contribution in [0.3, 0.4) is 0 Å². The number of ether oxygens (including phenoxy) is 1. The molecule has 0 aliphatic rings. The molecular weight excluding hydrogens is 496 g/mol. The molecule has 3 rings (SSSR count). The van der Waals surface area contributed by atoms with Gasteiger partial charge in [0.25, 0.3) is 19.7 Å². The second kappa shape index (κ2) is 10.9. The van der Waals surface area contributed by atoms with Crippen molar-refractivity contribution in [3.8, 4) is 5.75 Å². The second-order valence-electron chi connectivity index (χ2n) is 9.70. The smallest absolute Gasteiger partial charge is 0.492 e. The average molecular weight is 529 g/mol. The lowest BCUT2D eigenvalue weighted by atomic mass is 9.87. The van der Waals surface area contributed by atoms with E-state index in [1.54, 1.807) is 24.3 Å². The summed E-state index contributed by atoms with van der Waals surface area (Å²) in [4.78, 5) is 2.17. The van der Waals surface area contributed by atoms with E-state index >= 15 is 0 Å². The molecule has 0 saturated carbocycles. The Hall–Kier alpha value is -3.00. The van der Waals surface area contributed by atoms with E-state index in [-0.39, 0.29) is 22.1 Å². The molecule has 0 unspecified atom stereocenters. The number of unbranched alkanes of at least 4 members (excludes halogenated alkanes) is 3. The first-order valence-electron chi connectivity index (χ1n) is 11.9. The Kier molecular flexibility index (Phi) is 8.39. The van der Waals surface area contributed by atoms with Crippen molar-refractivity contribution in [3.63, 3.8) is 0 Å². The Morgan fingerprint density at radius 2 is 1.56 bits per heavy atom. The summed E-state index contributed by atoms with van der Waals surface area (Å²) in [5, 5.41) is 1.40. The predicted molar refractivity (Wildman–Crippen MR) is 142 cm³/mol. The van der Waals surface area contributed by atoms with Gasteiger partial charge in [-0.25, -0.2) is 16.8 Å². The third-order valence-corrected chi connectivity index (χ3v) is 10.1. The van der Waals surface area contributed by atoms with E-state index in [1.165, 1.54) is 24.3 Å². The van der Waals surface area contributed by atoms with Gasteiger partial charge in [0, 0.05) is 0 Å². The van der Waals surface area contributed by atoms with Crippen molar-refractivity contribution >= 4 is 34.8 Å². The molecule has 3 aromatic rings. The molecule has 0 aliphatic carbocycles. The molecule has 0 spiro atoms. The third kappa shape index (κ3) is 5.86. The van der Waals surface area contributed by atoms with Crippen molar-refractivity contribution in [2.45, 2.75) is 68.6 Å². The van der Waals surface area contributed by atoms with Gasteiger partial charge in [0.1, 0.15) is 10.6 Å². The van der Waals surface area contributed by atoms with Crippen LogP contribution in [-0.4, -0.2) is 32.6 Å². The molecule has 0 bridgehead atoms. The van der Waals surface area contributed by atoms with Gasteiger partial charge in [-0.2, -0.15) is 0 Å². The minimum atomic E-state index is -4.78. The molecule has 0 radical (unpaired) electrons. The van der Waals surface area contributed by atoms with Crippen molar-refractivity contribution < 1.29 is 26.4 Å². The highest BCUT2D eigenvalue weighted by molar-refractivity contribution is 8.31. The summed E-state index contributed by atoms with van der Waals surface area (Å²) >= 11 is 0. The summed E-state index contributed by atoms with van der Waals surface area (Å²) < 4.78 is 58.8. The highest BCUT2D eigenvalue weighted by atomic mass is 32.3. The Morgan fingerprint density at radius 3 is 2.19 bits per heavy atom. The Balaban J connectivity index is 2.10. The summed E-state index contributed by atoms with van der Waals surface area (Å²) in [5.41, 5.74) is 9.96. The maximum Gasteiger partial charge on any atom is 0.504 e. The van der Waals surface area contributed by atoms with E-state index in [0.717, 1.165) is 31.1 Å². The predicted octanol–water partition coefficient (Wildman–Crippen LogP) is 5.93. The van der Waals surface area contributed by atoms with E-state index in [1.807, 2.05) is 32.9 Å². The molecule has 0 heterocycles. The largest absolute Gasteiger partial charge is 0.504 e. The number of fused-ring (bicyclic) bond motifs is 1. The van der Waals surface area contributed by atoms with E-state index in [0.29, 0.717) is 10.9 Å². The quantitative estimate of drug-likeness (QED) is 0.118. The zero-order valence-corrected chi connectivity index (χ0v) is 22.7. The minimum absolute atomic E-state index is 0.0226. The van der Waals surface area contributed by atoms with E-state index in [2.05, 4.69) is 11.7 Å². The fourth-order valence-corrected chi connectivity index (χ4v) is 7.32. The van der Waals surface area contributed by atoms with Crippen LogP contribution in [0.1, 0.15) is 58.9 Å². The number of benzene rings is 3. The van der Waals surface area contributed by atoms with Crippen molar-refractivity contribution in [1.82, 2.24) is 0 Å². The van der Waals surface area contributed by atoms with Crippen LogP contribution < -0.4 is 4.74 Å². The molecule has 3 aromatic carbocycles. The van der Waals surface area contributed by atoms with Gasteiger partial charge in [0.05, 0.1) is 11.5 Å². The highest BCUT2D eigenvalue weighted by Gasteiger charge is 2.45. The van der Waals surface area contributed by atoms with Crippen LogP contribution in [0.2, 0.25) is 0 Å². The molecule has 0 aromatic heterocycles. The normalized spacial score (nSPS) is 12.3. The number of sulfone groups is 2. The van der Waals surface area contributed by atoms with Crippen molar-refractivity contribution in [2.75, 3.05) is 6.61 Å². The lowest BCUT2D eigenvalue weighted by molar-refractivity contribution is 0.00378. The monoisotopic (exact) mass is 528 g/mol. The molecule has 36 heavy (non-hydrogen) atoms. The third-order valence-electron chi connectivity index (χ3n) is 5.93. The molecule has 0 atom stereocenters. The summed E-state index contributed by atoms with van der Waals surface area (Å²) in [6, 6.07) is 16.0. The second-order valence-corrected chi connectivity index (χ2v) is 13.7. The van der Waals surface area contributed by atoms with E-state index in [4.69, 9.17) is 4.74 Å². The SMILES string of the molecule is CCCCCCOc1ccc(C(C)(C)C)cc1S(=O)(=O)C(=[N+]=[N-])S(=O)(=O)c1ccc2ccccc2c1. The first kappa shape index (κ1) is 27.6. The molecule has 0 amide bonds. The summed E-state index contributed by atoms with van der Waals surface area (Å²) in [6.07, 6.45) is 3.73. The number of rotatable bonds is 8. The van der Waals surface area contributed by atoms with Gasteiger partial charge in [0.15, 0.2) is 0 Å². The van der Waals surface area contributed by atoms with Crippen LogP contribution in [0.15, 0.2) is 70.5 Å². The molecule has 0 saturated heterocycles. The van der Waals surface area contributed by atoms with Crippen LogP contribution in [0.5, 0.6) is 5.75 Å². The van der Waals surface area contributed by atoms with Crippen LogP contribution in [0.25, 0.3) is 16.3 Å². The molecule has 192 valence electrons. The Morgan fingerprint density at radius 1 is 0.861 bits per heavy atom. The van der Waals surface area contributed by atoms with Gasteiger partial charge in [-0.15, -0.1) is 4.79 Å². The summed E-state index contributed by atoms with van der Waals surface area (Å²) in [5.74, 6) is 0.0226. The summed E-state index contributed by atoms with van der Waals surface area (Å²) in [7, 11) is -9.47. The van der Waals surface area contributed by atoms with Crippen LogP contribution in [-0.2, 0) is 25.1 Å². The van der Waals surface area contributed by atoms with Crippen molar-refractivity contribution in [3.05, 3.63) is 71.8 Å². The maximum atomic E-state index is 13.7. The molecule has 0 N–H and O–H groups in total. The van der Waals surface area contributed by atoms with Gasteiger partial charge >= 0.3 is 4.38 Å². The number of hydrogen-bond acceptors (Lipinski definition) is 5. The lowest BCUT2D eigenvalue weighted by Gasteiger charge is -2.21. The fourth-order valence-electron chi connectivity index (χ4n) is 3.80. The van der Waals surface area contributed by atoms with Crippen LogP contribution >= 0.6 is 0 Å². The van der Waals surface area contributed by atoms with Gasteiger partial charge in [0.2, 0.25) is 0 Å². The number of nitrogens with zero attached hydrogens (tertiary/aromatic N) is 2. The number of hydrogen-bond donors (Lipinski definition) is 0. The van der Waals surface area contributed by atoms with Crippen molar-refractivity contribution in [2.24, 2.45) is 0 Å². The van der Waals surface area contributed by atoms with Gasteiger partial charge in [-0.3, -0.25) is 0 Å². The minimum Gasteiger partial charge on any atom is -0.492 e. The maximum absolute atomic E-state index is 13.7. The van der Waals surface area contributed by atoms with Gasteiger partial charge < -0.3 is 10.3 Å². The molecule has 0 aliphatic heterocycles. The van der Waals surface area contributed by atoms with Crippen LogP contribution in [0.4, 0.5) is 0 Å². The van der Waals surface area contributed by atoms with Crippen LogP contribution in [0, 0.1) is 0 Å². The van der Waals surface area contributed by atoms with Gasteiger partial charge in [-0.05, 0) is 52.4 Å². The first-order valence-corrected chi connectivity index (χ1v) is 14.9. The van der Waals surface area contributed by atoms with E-state index < -0.39 is 29.5 Å². The van der Waals surface area contributed by atoms with Gasteiger partial charge in [-0.1, -0.05) is 83.4 Å². The fraction of sp³-hybridized carbons (Fsp3) is 0.370. The highest BCUT2D eigenvalue weighted by Crippen LogP contribution is 2.34. The first-order chi connectivity index (χ1) is 16.9. The average Bonchev–Trinajstić information content (AvgIpc) is 2.83. The van der Waals surface area contributed by atoms with Crippen molar-refractivity contribution in [1.29, 1.82) is 0 Å². The van der Waals surface area contributed by atoms with E-state index in [9.17, 15) is 22.4 Å². The molecular formula is C27H32N2O5S2. The topological polar surface area (TPSA) is 114 Å². The lowest BCUT2D eigenvalue weighted by Crippen LogP contribution is -2.27. The standard InChI is InChI=1S/C27H32N2O5S2/c1-5-6-7-10-17-34-24-16-14-22(27(2,3)4)19-25(24)36(32,33)26(29-28)35(30,31)23-15-13-20-11-8-9-12-21(20)18-23/h8-9,11-16,18-19H,5-7,10,17H2,1-4H3. The zero-order chi connectivity index (χ0) is 26.6. The Bertz CT molecular complexity index is 1520. The summed E-state index contributed by atoms with van der Waals surface area (Å²) in [6.45, 7) is 8.10. The molecule has 9 heteroatoms. The molecule has 7 nitrogen and oxygen atoms in total. The Labute approximate surface area is 213 Å². The molecule has 0 fully saturated rings. The zero-order valence-electron chi connectivity index (χ0n) is 21.1.